The molecule has 0 spiro atoms. The van der Waals surface area contributed by atoms with Crippen LogP contribution in [0.2, 0.25) is 0 Å². The molecule has 0 aromatic rings. The maximum atomic E-state index is 11.3. The maximum Gasteiger partial charge on any atom is 0.145 e. The van der Waals surface area contributed by atoms with Crippen molar-refractivity contribution in [3.63, 3.8) is 0 Å². The molecular formula is C8H11NO2. The van der Waals surface area contributed by atoms with Gasteiger partial charge in [-0.15, -0.1) is 0 Å². The van der Waals surface area contributed by atoms with E-state index in [0.29, 0.717) is 12.2 Å². The van der Waals surface area contributed by atoms with Gasteiger partial charge in [0.25, 0.3) is 0 Å². The number of Topliss-reactive ketones (excluding diaryl/α,β-unsaturated/α-hetero) is 1. The Morgan fingerprint density at radius 1 is 1.64 bits per heavy atom. The number of carbonyl (C=O) groups excluding carboxylic acids is 1. The van der Waals surface area contributed by atoms with Crippen LogP contribution in [-0.2, 0) is 9.63 Å². The van der Waals surface area contributed by atoms with Crippen molar-refractivity contribution < 1.29 is 9.63 Å². The third kappa shape index (κ3) is 0.951. The molecule has 0 bridgehead atoms. The quantitative estimate of drug-likeness (QED) is 0.523. The third-order valence-electron chi connectivity index (χ3n) is 2.41. The van der Waals surface area contributed by atoms with E-state index in [9.17, 15) is 4.79 Å². The van der Waals surface area contributed by atoms with Crippen molar-refractivity contribution in [2.45, 2.75) is 32.3 Å². The Kier molecular flexibility index (Phi) is 1.44. The van der Waals surface area contributed by atoms with Crippen LogP contribution < -0.4 is 0 Å². The minimum atomic E-state index is -0.0104. The van der Waals surface area contributed by atoms with Gasteiger partial charge in [-0.3, -0.25) is 4.79 Å². The summed E-state index contributed by atoms with van der Waals surface area (Å²) >= 11 is 0. The molecule has 11 heavy (non-hydrogen) atoms. The summed E-state index contributed by atoms with van der Waals surface area (Å²) in [6.07, 6.45) is 2.72. The van der Waals surface area contributed by atoms with Gasteiger partial charge in [-0.2, -0.15) is 0 Å². The molecule has 3 heteroatoms. The van der Waals surface area contributed by atoms with Gasteiger partial charge in [-0.05, 0) is 19.8 Å². The van der Waals surface area contributed by atoms with Gasteiger partial charge >= 0.3 is 0 Å². The molecule has 2 rings (SSSR count). The van der Waals surface area contributed by atoms with Crippen LogP contribution >= 0.6 is 0 Å². The first-order valence-corrected chi connectivity index (χ1v) is 4.02. The van der Waals surface area contributed by atoms with Crippen LogP contribution in [0.15, 0.2) is 5.16 Å². The highest BCUT2D eigenvalue weighted by Gasteiger charge is 2.39. The molecule has 1 fully saturated rings. The van der Waals surface area contributed by atoms with Gasteiger partial charge in [-0.25, -0.2) is 0 Å². The third-order valence-corrected chi connectivity index (χ3v) is 2.41. The SMILES string of the molecule is CC1=NO[C@@H]2CCCC(=O)[C@H]12. The Balaban J connectivity index is 2.21. The molecule has 1 aliphatic heterocycles. The number of oxime groups is 1. The number of rotatable bonds is 0. The highest BCUT2D eigenvalue weighted by molar-refractivity contribution is 6.05. The number of hydrogen-bond acceptors (Lipinski definition) is 3. The Labute approximate surface area is 65.4 Å². The first kappa shape index (κ1) is 6.83. The highest BCUT2D eigenvalue weighted by Crippen LogP contribution is 2.29. The van der Waals surface area contributed by atoms with Gasteiger partial charge in [0.15, 0.2) is 0 Å². The van der Waals surface area contributed by atoms with Crippen molar-refractivity contribution in [3.05, 3.63) is 0 Å². The van der Waals surface area contributed by atoms with Crippen molar-refractivity contribution in [2.75, 3.05) is 0 Å². The van der Waals surface area contributed by atoms with Gasteiger partial charge < -0.3 is 4.84 Å². The molecule has 2 aliphatic rings. The Morgan fingerprint density at radius 3 is 3.18 bits per heavy atom. The lowest BCUT2D eigenvalue weighted by molar-refractivity contribution is -0.126. The highest BCUT2D eigenvalue weighted by atomic mass is 16.6. The smallest absolute Gasteiger partial charge is 0.145 e. The van der Waals surface area contributed by atoms with Crippen LogP contribution in [0.5, 0.6) is 0 Å². The number of nitrogens with zero attached hydrogens (tertiary/aromatic N) is 1. The van der Waals surface area contributed by atoms with Crippen molar-refractivity contribution in [3.8, 4) is 0 Å². The van der Waals surface area contributed by atoms with Crippen LogP contribution in [0.4, 0.5) is 0 Å². The zero-order valence-electron chi connectivity index (χ0n) is 6.54. The van der Waals surface area contributed by atoms with Gasteiger partial charge in [-0.1, -0.05) is 5.16 Å². The molecule has 60 valence electrons. The predicted octanol–water partition coefficient (Wildman–Crippen LogP) is 1.13. The molecule has 3 nitrogen and oxygen atoms in total. The second kappa shape index (κ2) is 2.32. The summed E-state index contributed by atoms with van der Waals surface area (Å²) in [5.74, 6) is 0.295. The first-order valence-electron chi connectivity index (χ1n) is 4.02. The summed E-state index contributed by atoms with van der Waals surface area (Å²) in [4.78, 5) is 16.4. The van der Waals surface area contributed by atoms with Crippen molar-refractivity contribution >= 4 is 11.5 Å². The fourth-order valence-electron chi connectivity index (χ4n) is 1.83. The van der Waals surface area contributed by atoms with E-state index < -0.39 is 0 Å². The molecule has 2 atom stereocenters. The Morgan fingerprint density at radius 2 is 2.45 bits per heavy atom. The average Bonchev–Trinajstić information content (AvgIpc) is 2.34. The first-order chi connectivity index (χ1) is 5.29. The summed E-state index contributed by atoms with van der Waals surface area (Å²) in [6.45, 7) is 1.87. The molecule has 1 heterocycles. The minimum absolute atomic E-state index is 0.0104. The molecule has 1 aliphatic carbocycles. The summed E-state index contributed by atoms with van der Waals surface area (Å²) in [6, 6.07) is 0. The van der Waals surface area contributed by atoms with E-state index in [1.165, 1.54) is 0 Å². The molecule has 0 radical (unpaired) electrons. The molecule has 0 amide bonds. The summed E-state index contributed by atoms with van der Waals surface area (Å²) in [5, 5.41) is 3.83. The van der Waals surface area contributed by atoms with E-state index >= 15 is 0 Å². The van der Waals surface area contributed by atoms with Gasteiger partial charge in [0.2, 0.25) is 0 Å². The topological polar surface area (TPSA) is 38.7 Å². The van der Waals surface area contributed by atoms with E-state index in [0.717, 1.165) is 18.6 Å². The van der Waals surface area contributed by atoms with E-state index in [4.69, 9.17) is 4.84 Å². The van der Waals surface area contributed by atoms with E-state index in [2.05, 4.69) is 5.16 Å². The normalized spacial score (nSPS) is 36.1. The van der Waals surface area contributed by atoms with Crippen LogP contribution in [-0.4, -0.2) is 17.6 Å². The lowest BCUT2D eigenvalue weighted by Crippen LogP contribution is -2.33. The zero-order valence-corrected chi connectivity index (χ0v) is 6.54. The van der Waals surface area contributed by atoms with Crippen molar-refractivity contribution in [1.82, 2.24) is 0 Å². The number of ketones is 1. The lowest BCUT2D eigenvalue weighted by Gasteiger charge is -2.21. The molecular weight excluding hydrogens is 142 g/mol. The maximum absolute atomic E-state index is 11.3. The summed E-state index contributed by atoms with van der Waals surface area (Å²) < 4.78 is 0. The van der Waals surface area contributed by atoms with E-state index in [1.807, 2.05) is 6.92 Å². The van der Waals surface area contributed by atoms with Crippen LogP contribution in [0, 0.1) is 5.92 Å². The lowest BCUT2D eigenvalue weighted by atomic mass is 9.83. The average molecular weight is 153 g/mol. The number of carbonyl (C=O) groups is 1. The second-order valence-electron chi connectivity index (χ2n) is 3.21. The fourth-order valence-corrected chi connectivity index (χ4v) is 1.83. The molecule has 0 saturated heterocycles. The predicted molar refractivity (Wildman–Crippen MR) is 40.3 cm³/mol. The van der Waals surface area contributed by atoms with Gasteiger partial charge in [0, 0.05) is 6.42 Å². The minimum Gasteiger partial charge on any atom is -0.391 e. The molecule has 0 N–H and O–H groups in total. The molecule has 0 unspecified atom stereocenters. The van der Waals surface area contributed by atoms with Crippen LogP contribution in [0.3, 0.4) is 0 Å². The molecule has 1 saturated carbocycles. The van der Waals surface area contributed by atoms with Crippen molar-refractivity contribution in [2.24, 2.45) is 11.1 Å². The second-order valence-corrected chi connectivity index (χ2v) is 3.21. The molecule has 0 aromatic heterocycles. The Hall–Kier alpha value is -0.860. The van der Waals surface area contributed by atoms with Gasteiger partial charge in [0.1, 0.15) is 11.9 Å². The number of fused-ring (bicyclic) bond motifs is 1. The largest absolute Gasteiger partial charge is 0.391 e. The van der Waals surface area contributed by atoms with E-state index in [-0.39, 0.29) is 12.0 Å². The van der Waals surface area contributed by atoms with Crippen LogP contribution in [0.25, 0.3) is 0 Å². The van der Waals surface area contributed by atoms with Crippen LogP contribution in [0.1, 0.15) is 26.2 Å². The summed E-state index contributed by atoms with van der Waals surface area (Å²) in [7, 11) is 0. The summed E-state index contributed by atoms with van der Waals surface area (Å²) in [5.41, 5.74) is 0.861. The monoisotopic (exact) mass is 153 g/mol. The zero-order chi connectivity index (χ0) is 7.84. The number of hydrogen-bond donors (Lipinski definition) is 0. The van der Waals surface area contributed by atoms with E-state index in [1.54, 1.807) is 0 Å². The Bertz CT molecular complexity index is 222. The van der Waals surface area contributed by atoms with Crippen molar-refractivity contribution in [1.29, 1.82) is 0 Å². The molecule has 0 aromatic carbocycles. The standard InChI is InChI=1S/C8H11NO2/c1-5-8-6(10)3-2-4-7(8)11-9-5/h7-8H,2-4H2,1H3/t7-,8+/m1/s1. The fraction of sp³-hybridized carbons (Fsp3) is 0.750. The van der Waals surface area contributed by atoms with Gasteiger partial charge in [0.05, 0.1) is 11.6 Å².